The van der Waals surface area contributed by atoms with Gasteiger partial charge in [-0.2, -0.15) is 0 Å². The molecule has 2 aromatic heterocycles. The van der Waals surface area contributed by atoms with Crippen molar-refractivity contribution in [2.24, 2.45) is 5.92 Å². The first-order chi connectivity index (χ1) is 12.2. The molecule has 128 valence electrons. The minimum Gasteiger partial charge on any atom is -0.337 e. The second-order valence-electron chi connectivity index (χ2n) is 6.49. The fourth-order valence-electron chi connectivity index (χ4n) is 3.37. The molecule has 1 aromatic carbocycles. The fourth-order valence-corrected chi connectivity index (χ4v) is 3.37. The molecule has 1 aliphatic heterocycles. The van der Waals surface area contributed by atoms with Gasteiger partial charge < -0.3 is 9.47 Å². The van der Waals surface area contributed by atoms with E-state index in [4.69, 9.17) is 0 Å². The SMILES string of the molecule is CC1CCN(C(=O)c2ccc(-n3ccnn3)cc2)CC1n1ccnc1. The van der Waals surface area contributed by atoms with E-state index in [0.717, 1.165) is 18.7 Å². The summed E-state index contributed by atoms with van der Waals surface area (Å²) in [5.41, 5.74) is 1.58. The molecule has 0 aliphatic carbocycles. The van der Waals surface area contributed by atoms with Crippen LogP contribution in [0.2, 0.25) is 0 Å². The predicted octanol–water partition coefficient (Wildman–Crippen LogP) is 2.19. The van der Waals surface area contributed by atoms with Crippen LogP contribution in [-0.2, 0) is 0 Å². The van der Waals surface area contributed by atoms with Gasteiger partial charge >= 0.3 is 0 Å². The van der Waals surface area contributed by atoms with Gasteiger partial charge in [-0.1, -0.05) is 12.1 Å². The molecule has 1 aliphatic rings. The molecule has 2 atom stereocenters. The van der Waals surface area contributed by atoms with Crippen molar-refractivity contribution in [1.82, 2.24) is 29.4 Å². The molecular weight excluding hydrogens is 316 g/mol. The molecule has 1 amide bonds. The number of rotatable bonds is 3. The minimum absolute atomic E-state index is 0.0714. The number of amides is 1. The van der Waals surface area contributed by atoms with Crippen LogP contribution in [0.25, 0.3) is 5.69 Å². The summed E-state index contributed by atoms with van der Waals surface area (Å²) in [5, 5.41) is 7.76. The monoisotopic (exact) mass is 336 g/mol. The molecule has 0 saturated carbocycles. The van der Waals surface area contributed by atoms with Crippen molar-refractivity contribution in [3.63, 3.8) is 0 Å². The largest absolute Gasteiger partial charge is 0.337 e. The molecule has 0 radical (unpaired) electrons. The summed E-state index contributed by atoms with van der Waals surface area (Å²) in [6.07, 6.45) is 9.99. The summed E-state index contributed by atoms with van der Waals surface area (Å²) in [6.45, 7) is 3.73. The van der Waals surface area contributed by atoms with E-state index in [1.807, 2.05) is 41.7 Å². The van der Waals surface area contributed by atoms with E-state index in [-0.39, 0.29) is 11.9 Å². The molecule has 3 heterocycles. The van der Waals surface area contributed by atoms with Crippen LogP contribution in [0.15, 0.2) is 55.4 Å². The third-order valence-corrected chi connectivity index (χ3v) is 4.92. The first-order valence-electron chi connectivity index (χ1n) is 8.46. The Hall–Kier alpha value is -2.96. The Morgan fingerprint density at radius 1 is 1.16 bits per heavy atom. The molecule has 1 fully saturated rings. The molecule has 7 nitrogen and oxygen atoms in total. The van der Waals surface area contributed by atoms with Crippen LogP contribution in [0.1, 0.15) is 29.7 Å². The number of likely N-dealkylation sites (tertiary alicyclic amines) is 1. The normalized spacial score (nSPS) is 20.6. The van der Waals surface area contributed by atoms with Crippen molar-refractivity contribution in [3.8, 4) is 5.69 Å². The molecule has 3 aromatic rings. The Morgan fingerprint density at radius 2 is 2.00 bits per heavy atom. The van der Waals surface area contributed by atoms with Gasteiger partial charge in [-0.25, -0.2) is 9.67 Å². The first-order valence-corrected chi connectivity index (χ1v) is 8.46. The highest BCUT2D eigenvalue weighted by atomic mass is 16.2. The van der Waals surface area contributed by atoms with Gasteiger partial charge in [0.2, 0.25) is 0 Å². The lowest BCUT2D eigenvalue weighted by molar-refractivity contribution is 0.0621. The molecule has 0 spiro atoms. The third kappa shape index (κ3) is 3.05. The number of nitrogens with zero attached hydrogens (tertiary/aromatic N) is 6. The van der Waals surface area contributed by atoms with Gasteiger partial charge in [0.1, 0.15) is 0 Å². The van der Waals surface area contributed by atoms with Gasteiger partial charge in [-0.05, 0) is 36.6 Å². The van der Waals surface area contributed by atoms with Crippen molar-refractivity contribution in [2.45, 2.75) is 19.4 Å². The Kier molecular flexibility index (Phi) is 4.05. The number of aromatic nitrogens is 5. The van der Waals surface area contributed by atoms with E-state index in [0.29, 0.717) is 18.0 Å². The highest BCUT2D eigenvalue weighted by molar-refractivity contribution is 5.94. The number of piperidine rings is 1. The van der Waals surface area contributed by atoms with E-state index in [9.17, 15) is 4.79 Å². The van der Waals surface area contributed by atoms with E-state index in [2.05, 4.69) is 26.8 Å². The molecular formula is C18H20N6O. The first kappa shape index (κ1) is 15.6. The standard InChI is InChI=1S/C18H20N6O/c1-14-6-9-22(12-17(14)23-10-7-19-13-23)18(25)15-2-4-16(5-3-15)24-11-8-20-21-24/h2-5,7-8,10-11,13-14,17H,6,9,12H2,1H3. The van der Waals surface area contributed by atoms with Crippen LogP contribution in [0.3, 0.4) is 0 Å². The summed E-state index contributed by atoms with van der Waals surface area (Å²) < 4.78 is 3.78. The fraction of sp³-hybridized carbons (Fsp3) is 0.333. The van der Waals surface area contributed by atoms with Gasteiger partial charge in [0.05, 0.1) is 30.5 Å². The van der Waals surface area contributed by atoms with E-state index in [1.54, 1.807) is 23.3 Å². The summed E-state index contributed by atoms with van der Waals surface area (Å²) >= 11 is 0. The van der Waals surface area contributed by atoms with Crippen molar-refractivity contribution in [2.75, 3.05) is 13.1 Å². The number of hydrogen-bond donors (Lipinski definition) is 0. The van der Waals surface area contributed by atoms with E-state index < -0.39 is 0 Å². The van der Waals surface area contributed by atoms with Gasteiger partial charge in [0.15, 0.2) is 0 Å². The smallest absolute Gasteiger partial charge is 0.253 e. The van der Waals surface area contributed by atoms with Crippen molar-refractivity contribution in [3.05, 3.63) is 60.9 Å². The lowest BCUT2D eigenvalue weighted by Gasteiger charge is -2.37. The predicted molar refractivity (Wildman–Crippen MR) is 92.3 cm³/mol. The second kappa shape index (κ2) is 6.51. The van der Waals surface area contributed by atoms with Gasteiger partial charge in [0.25, 0.3) is 5.91 Å². The number of hydrogen-bond acceptors (Lipinski definition) is 4. The maximum atomic E-state index is 12.9. The van der Waals surface area contributed by atoms with Crippen LogP contribution >= 0.6 is 0 Å². The van der Waals surface area contributed by atoms with Gasteiger partial charge in [-0.15, -0.1) is 5.10 Å². The minimum atomic E-state index is 0.0714. The molecule has 0 N–H and O–H groups in total. The zero-order chi connectivity index (χ0) is 17.2. The average molecular weight is 336 g/mol. The summed E-state index contributed by atoms with van der Waals surface area (Å²) in [7, 11) is 0. The zero-order valence-electron chi connectivity index (χ0n) is 14.1. The zero-order valence-corrected chi connectivity index (χ0v) is 14.1. The maximum Gasteiger partial charge on any atom is 0.253 e. The van der Waals surface area contributed by atoms with Crippen LogP contribution < -0.4 is 0 Å². The second-order valence-corrected chi connectivity index (χ2v) is 6.49. The molecule has 25 heavy (non-hydrogen) atoms. The van der Waals surface area contributed by atoms with Gasteiger partial charge in [0, 0.05) is 31.0 Å². The van der Waals surface area contributed by atoms with Crippen molar-refractivity contribution < 1.29 is 4.79 Å². The highest BCUT2D eigenvalue weighted by Crippen LogP contribution is 2.28. The van der Waals surface area contributed by atoms with Crippen LogP contribution in [0.4, 0.5) is 0 Å². The summed E-state index contributed by atoms with van der Waals surface area (Å²) in [5.74, 6) is 0.593. The maximum absolute atomic E-state index is 12.9. The van der Waals surface area contributed by atoms with E-state index >= 15 is 0 Å². The molecule has 7 heteroatoms. The highest BCUT2D eigenvalue weighted by Gasteiger charge is 2.30. The Balaban J connectivity index is 1.50. The molecule has 0 bridgehead atoms. The lowest BCUT2D eigenvalue weighted by atomic mass is 9.93. The van der Waals surface area contributed by atoms with Crippen LogP contribution in [0.5, 0.6) is 0 Å². The average Bonchev–Trinajstić information content (AvgIpc) is 3.35. The van der Waals surface area contributed by atoms with E-state index in [1.165, 1.54) is 0 Å². The number of carbonyl (C=O) groups is 1. The van der Waals surface area contributed by atoms with Gasteiger partial charge in [-0.3, -0.25) is 4.79 Å². The number of imidazole rings is 1. The number of benzene rings is 1. The molecule has 2 unspecified atom stereocenters. The van der Waals surface area contributed by atoms with Crippen LogP contribution in [-0.4, -0.2) is 48.4 Å². The Labute approximate surface area is 145 Å². The summed E-state index contributed by atoms with van der Waals surface area (Å²) in [4.78, 5) is 19.0. The summed E-state index contributed by atoms with van der Waals surface area (Å²) in [6, 6.07) is 7.76. The molecule has 1 saturated heterocycles. The van der Waals surface area contributed by atoms with Crippen molar-refractivity contribution in [1.29, 1.82) is 0 Å². The quantitative estimate of drug-likeness (QED) is 0.735. The van der Waals surface area contributed by atoms with Crippen LogP contribution in [0, 0.1) is 5.92 Å². The lowest BCUT2D eigenvalue weighted by Crippen LogP contribution is -2.43. The molecule has 4 rings (SSSR count). The Bertz CT molecular complexity index is 825. The third-order valence-electron chi connectivity index (χ3n) is 4.92. The van der Waals surface area contributed by atoms with Crippen molar-refractivity contribution >= 4 is 5.91 Å². The number of carbonyl (C=O) groups excluding carboxylic acids is 1. The Morgan fingerprint density at radius 3 is 2.68 bits per heavy atom. The topological polar surface area (TPSA) is 68.8 Å².